The number of hydrogen-bond donors (Lipinski definition) is 0. The summed E-state index contributed by atoms with van der Waals surface area (Å²) in [7, 11) is 2.00. The highest BCUT2D eigenvalue weighted by atomic mass is 16.3. The van der Waals surface area contributed by atoms with Gasteiger partial charge in [0.2, 0.25) is 0 Å². The summed E-state index contributed by atoms with van der Waals surface area (Å²) in [6.07, 6.45) is 7.37. The fourth-order valence-corrected chi connectivity index (χ4v) is 1.47. The first-order valence-electron chi connectivity index (χ1n) is 4.81. The Morgan fingerprint density at radius 3 is 2.93 bits per heavy atom. The van der Waals surface area contributed by atoms with Gasteiger partial charge in [0.25, 0.3) is 0 Å². The molecule has 2 rings (SSSR count). The van der Waals surface area contributed by atoms with Crippen molar-refractivity contribution < 1.29 is 4.42 Å². The molecule has 0 aliphatic carbocycles. The minimum atomic E-state index is 0.889. The second kappa shape index (κ2) is 3.70. The Labute approximate surface area is 83.4 Å². The summed E-state index contributed by atoms with van der Waals surface area (Å²) in [6.45, 7) is 2.09. The highest BCUT2D eigenvalue weighted by Crippen LogP contribution is 2.12. The molecule has 0 atom stereocenters. The lowest BCUT2D eigenvalue weighted by Gasteiger charge is -1.97. The highest BCUT2D eigenvalue weighted by Gasteiger charge is 2.03. The summed E-state index contributed by atoms with van der Waals surface area (Å²) >= 11 is 0. The minimum Gasteiger partial charge on any atom is -0.469 e. The molecular formula is C11H14N2O. The molecule has 0 spiro atoms. The predicted molar refractivity (Wildman–Crippen MR) is 54.1 cm³/mol. The summed E-state index contributed by atoms with van der Waals surface area (Å²) < 4.78 is 7.40. The number of aryl methyl sites for hydroxylation is 2. The lowest BCUT2D eigenvalue weighted by atomic mass is 10.2. The third kappa shape index (κ3) is 1.71. The zero-order valence-corrected chi connectivity index (χ0v) is 8.53. The van der Waals surface area contributed by atoms with E-state index in [-0.39, 0.29) is 0 Å². The zero-order valence-electron chi connectivity index (χ0n) is 8.53. The molecule has 14 heavy (non-hydrogen) atoms. The molecule has 0 amide bonds. The summed E-state index contributed by atoms with van der Waals surface area (Å²) in [5.74, 6) is 1.04. The van der Waals surface area contributed by atoms with Gasteiger partial charge in [0, 0.05) is 31.8 Å². The van der Waals surface area contributed by atoms with Gasteiger partial charge in [-0.15, -0.1) is 0 Å². The van der Waals surface area contributed by atoms with E-state index in [1.165, 1.54) is 11.3 Å². The predicted octanol–water partition coefficient (Wildman–Crippen LogP) is 2.17. The van der Waals surface area contributed by atoms with E-state index in [9.17, 15) is 0 Å². The number of rotatable bonds is 3. The van der Waals surface area contributed by atoms with Gasteiger partial charge in [-0.05, 0) is 11.6 Å². The van der Waals surface area contributed by atoms with Crippen LogP contribution in [0.2, 0.25) is 0 Å². The van der Waals surface area contributed by atoms with Crippen LogP contribution in [0.25, 0.3) is 0 Å². The van der Waals surface area contributed by atoms with Crippen LogP contribution in [0.3, 0.4) is 0 Å². The summed E-state index contributed by atoms with van der Waals surface area (Å²) in [5, 5.41) is 0. The van der Waals surface area contributed by atoms with Gasteiger partial charge in [-0.3, -0.25) is 0 Å². The third-order valence-electron chi connectivity index (χ3n) is 2.36. The molecule has 0 fully saturated rings. The lowest BCUT2D eigenvalue weighted by molar-refractivity contribution is 0.514. The van der Waals surface area contributed by atoms with Crippen molar-refractivity contribution in [2.45, 2.75) is 19.8 Å². The molecule has 0 saturated heterocycles. The van der Waals surface area contributed by atoms with Gasteiger partial charge in [-0.1, -0.05) is 6.92 Å². The van der Waals surface area contributed by atoms with Crippen LogP contribution in [0.1, 0.15) is 23.9 Å². The van der Waals surface area contributed by atoms with Gasteiger partial charge in [0.05, 0.1) is 12.6 Å². The van der Waals surface area contributed by atoms with Crippen LogP contribution < -0.4 is 0 Å². The summed E-state index contributed by atoms with van der Waals surface area (Å²) in [6, 6.07) is 2.10. The Bertz CT molecular complexity index is 414. The van der Waals surface area contributed by atoms with E-state index in [0.717, 1.165) is 18.6 Å². The second-order valence-corrected chi connectivity index (χ2v) is 3.45. The Kier molecular flexibility index (Phi) is 2.39. The Morgan fingerprint density at radius 1 is 1.50 bits per heavy atom. The first-order valence-corrected chi connectivity index (χ1v) is 4.81. The van der Waals surface area contributed by atoms with Gasteiger partial charge >= 0.3 is 0 Å². The van der Waals surface area contributed by atoms with Crippen LogP contribution in [0.15, 0.2) is 29.3 Å². The molecule has 0 bridgehead atoms. The largest absolute Gasteiger partial charge is 0.469 e. The maximum absolute atomic E-state index is 5.37. The number of furan rings is 1. The van der Waals surface area contributed by atoms with Crippen LogP contribution in [-0.4, -0.2) is 9.55 Å². The summed E-state index contributed by atoms with van der Waals surface area (Å²) in [4.78, 5) is 4.08. The number of hydrogen-bond acceptors (Lipinski definition) is 2. The van der Waals surface area contributed by atoms with E-state index < -0.39 is 0 Å². The summed E-state index contributed by atoms with van der Waals surface area (Å²) in [5.41, 5.74) is 2.42. The van der Waals surface area contributed by atoms with E-state index in [2.05, 4.69) is 18.0 Å². The van der Waals surface area contributed by atoms with Crippen LogP contribution in [0.4, 0.5) is 0 Å². The zero-order chi connectivity index (χ0) is 9.97. The molecule has 0 aliphatic rings. The molecule has 2 aromatic heterocycles. The molecule has 0 unspecified atom stereocenters. The third-order valence-corrected chi connectivity index (χ3v) is 2.36. The average Bonchev–Trinajstić information content (AvgIpc) is 2.77. The molecule has 74 valence electrons. The molecule has 3 nitrogen and oxygen atoms in total. The van der Waals surface area contributed by atoms with Crippen molar-refractivity contribution in [1.82, 2.24) is 9.55 Å². The fourth-order valence-electron chi connectivity index (χ4n) is 1.47. The van der Waals surface area contributed by atoms with Crippen molar-refractivity contribution in [3.63, 3.8) is 0 Å². The van der Waals surface area contributed by atoms with Crippen LogP contribution in [-0.2, 0) is 19.9 Å². The maximum Gasteiger partial charge on any atom is 0.103 e. The van der Waals surface area contributed by atoms with E-state index >= 15 is 0 Å². The van der Waals surface area contributed by atoms with Gasteiger partial charge in [-0.25, -0.2) is 4.98 Å². The fraction of sp³-hybridized carbons (Fsp3) is 0.364. The smallest absolute Gasteiger partial charge is 0.103 e. The van der Waals surface area contributed by atoms with Crippen molar-refractivity contribution in [2.24, 2.45) is 7.05 Å². The monoisotopic (exact) mass is 190 g/mol. The lowest BCUT2D eigenvalue weighted by Crippen LogP contribution is -1.94. The molecule has 0 aliphatic heterocycles. The van der Waals surface area contributed by atoms with Crippen molar-refractivity contribution in [2.75, 3.05) is 0 Å². The molecule has 0 N–H and O–H groups in total. The van der Waals surface area contributed by atoms with Gasteiger partial charge in [0.1, 0.15) is 5.76 Å². The molecule has 0 saturated carbocycles. The standard InChI is InChI=1S/C11H14N2O/c1-3-11-5-9(7-14-11)4-10-6-12-8-13(10)2/h5-8H,3-4H2,1-2H3. The number of aromatic nitrogens is 2. The molecule has 2 aromatic rings. The number of imidazole rings is 1. The molecule has 3 heteroatoms. The van der Waals surface area contributed by atoms with Crippen molar-refractivity contribution in [3.8, 4) is 0 Å². The Morgan fingerprint density at radius 2 is 2.36 bits per heavy atom. The van der Waals surface area contributed by atoms with Crippen molar-refractivity contribution in [3.05, 3.63) is 41.9 Å². The van der Waals surface area contributed by atoms with E-state index in [4.69, 9.17) is 4.42 Å². The maximum atomic E-state index is 5.37. The van der Waals surface area contributed by atoms with Crippen molar-refractivity contribution in [1.29, 1.82) is 0 Å². The van der Waals surface area contributed by atoms with Gasteiger partial charge < -0.3 is 8.98 Å². The first kappa shape index (κ1) is 9.06. The van der Waals surface area contributed by atoms with Gasteiger partial charge in [-0.2, -0.15) is 0 Å². The average molecular weight is 190 g/mol. The molecule has 0 aromatic carbocycles. The van der Waals surface area contributed by atoms with Gasteiger partial charge in [0.15, 0.2) is 0 Å². The first-order chi connectivity index (χ1) is 6.79. The SMILES string of the molecule is CCc1cc(Cc2cncn2C)co1. The molecule has 0 radical (unpaired) electrons. The normalized spacial score (nSPS) is 10.7. The van der Waals surface area contributed by atoms with Crippen LogP contribution in [0.5, 0.6) is 0 Å². The Balaban J connectivity index is 2.15. The quantitative estimate of drug-likeness (QED) is 0.742. The second-order valence-electron chi connectivity index (χ2n) is 3.45. The van der Waals surface area contributed by atoms with Crippen molar-refractivity contribution >= 4 is 0 Å². The number of nitrogens with zero attached hydrogens (tertiary/aromatic N) is 2. The van der Waals surface area contributed by atoms with Crippen LogP contribution >= 0.6 is 0 Å². The topological polar surface area (TPSA) is 31.0 Å². The minimum absolute atomic E-state index is 0.889. The van der Waals surface area contributed by atoms with E-state index in [1.807, 2.05) is 30.4 Å². The molecule has 2 heterocycles. The Hall–Kier alpha value is -1.51. The molecular weight excluding hydrogens is 176 g/mol. The van der Waals surface area contributed by atoms with Crippen LogP contribution in [0, 0.1) is 0 Å². The highest BCUT2D eigenvalue weighted by molar-refractivity contribution is 5.19. The van der Waals surface area contributed by atoms with E-state index in [1.54, 1.807) is 0 Å². The van der Waals surface area contributed by atoms with E-state index in [0.29, 0.717) is 0 Å².